The van der Waals surface area contributed by atoms with Gasteiger partial charge < -0.3 is 21.4 Å². The van der Waals surface area contributed by atoms with Crippen LogP contribution in [0.3, 0.4) is 0 Å². The second-order valence-electron chi connectivity index (χ2n) is 7.12. The molecule has 3 rings (SSSR count). The topological polar surface area (TPSA) is 171 Å². The normalized spacial score (nSPS) is 11.6. The highest BCUT2D eigenvalue weighted by molar-refractivity contribution is 7.88. The van der Waals surface area contributed by atoms with Gasteiger partial charge in [0.2, 0.25) is 10.0 Å². The average Bonchev–Trinajstić information content (AvgIpc) is 3.10. The molecule has 2 aromatic heterocycles. The summed E-state index contributed by atoms with van der Waals surface area (Å²) in [6.45, 7) is 2.20. The number of nitrogens with zero attached hydrogens (tertiary/aromatic N) is 2. The first-order valence-corrected chi connectivity index (χ1v) is 11.5. The molecule has 0 aliphatic heterocycles. The van der Waals surface area contributed by atoms with Gasteiger partial charge in [0.1, 0.15) is 5.65 Å². The average molecular weight is 447 g/mol. The fourth-order valence-corrected chi connectivity index (χ4v) is 3.40. The van der Waals surface area contributed by atoms with Crippen molar-refractivity contribution >= 4 is 27.0 Å². The van der Waals surface area contributed by atoms with E-state index in [1.165, 1.54) is 4.57 Å². The molecule has 0 amide bonds. The van der Waals surface area contributed by atoms with Gasteiger partial charge >= 0.3 is 5.69 Å². The van der Waals surface area contributed by atoms with Crippen molar-refractivity contribution < 1.29 is 8.42 Å². The molecule has 0 spiro atoms. The molecule has 7 N–H and O–H groups in total. The number of H-pyrrole nitrogens is 1. The first-order chi connectivity index (χ1) is 14.7. The Morgan fingerprint density at radius 1 is 1.23 bits per heavy atom. The minimum Gasteiger partial charge on any atom is -0.370 e. The number of aromatic nitrogens is 3. The summed E-state index contributed by atoms with van der Waals surface area (Å²) in [6.07, 6.45) is 3.61. The van der Waals surface area contributed by atoms with E-state index in [4.69, 9.17) is 11.1 Å². The van der Waals surface area contributed by atoms with Crippen LogP contribution in [0.4, 0.5) is 0 Å². The van der Waals surface area contributed by atoms with Crippen molar-refractivity contribution in [2.24, 2.45) is 5.73 Å². The van der Waals surface area contributed by atoms with Gasteiger partial charge in [0.15, 0.2) is 5.96 Å². The lowest BCUT2D eigenvalue weighted by Gasteiger charge is -2.08. The summed E-state index contributed by atoms with van der Waals surface area (Å²) in [5.41, 5.74) is 7.58. The highest BCUT2D eigenvalue weighted by Crippen LogP contribution is 2.14. The van der Waals surface area contributed by atoms with E-state index >= 15 is 0 Å². The van der Waals surface area contributed by atoms with Gasteiger partial charge in [-0.05, 0) is 36.7 Å². The number of aromatic amines is 1. The Kier molecular flexibility index (Phi) is 7.05. The Labute approximate surface area is 179 Å². The van der Waals surface area contributed by atoms with Crippen LogP contribution < -0.4 is 26.8 Å². The van der Waals surface area contributed by atoms with Crippen LogP contribution in [-0.2, 0) is 23.1 Å². The molecule has 11 nitrogen and oxygen atoms in total. The standard InChI is InChI=1S/C19H26N8O3S/c1-31(29,30)24-11-15-9-14-12-27(19(28)26-17(14)25-15)16-5-3-13(4-6-16)10-22-7-2-8-23-18(20)21/h3-6,9,12,22,24H,2,7-8,10-11H2,1H3,(H4,20,21,23)(H,25,26,28). The molecule has 3 aromatic rings. The Morgan fingerprint density at radius 2 is 1.97 bits per heavy atom. The first kappa shape index (κ1) is 22.5. The number of sulfonamides is 1. The van der Waals surface area contributed by atoms with E-state index in [2.05, 4.69) is 25.3 Å². The lowest BCUT2D eigenvalue weighted by Crippen LogP contribution is -2.32. The minimum atomic E-state index is -3.32. The molecule has 0 aliphatic carbocycles. The van der Waals surface area contributed by atoms with Crippen LogP contribution in [0.5, 0.6) is 0 Å². The van der Waals surface area contributed by atoms with E-state index in [9.17, 15) is 13.2 Å². The molecule has 12 heteroatoms. The van der Waals surface area contributed by atoms with E-state index in [1.54, 1.807) is 12.3 Å². The summed E-state index contributed by atoms with van der Waals surface area (Å²) in [5.74, 6) is -0.0278. The maximum absolute atomic E-state index is 12.4. The van der Waals surface area contributed by atoms with Gasteiger partial charge in [0.25, 0.3) is 0 Å². The van der Waals surface area contributed by atoms with Crippen LogP contribution in [0.15, 0.2) is 41.3 Å². The summed E-state index contributed by atoms with van der Waals surface area (Å²) < 4.78 is 26.4. The zero-order valence-electron chi connectivity index (χ0n) is 17.1. The third-order valence-corrected chi connectivity index (χ3v) is 5.15. The van der Waals surface area contributed by atoms with Crippen LogP contribution in [-0.4, -0.2) is 48.3 Å². The minimum absolute atomic E-state index is 0.0278. The summed E-state index contributed by atoms with van der Waals surface area (Å²) in [7, 11) is -3.32. The Balaban J connectivity index is 1.65. The van der Waals surface area contributed by atoms with E-state index in [0.29, 0.717) is 35.5 Å². The predicted octanol–water partition coefficient (Wildman–Crippen LogP) is -0.274. The van der Waals surface area contributed by atoms with Crippen molar-refractivity contribution in [3.8, 4) is 5.69 Å². The van der Waals surface area contributed by atoms with Crippen LogP contribution in [0, 0.1) is 5.41 Å². The molecule has 0 bridgehead atoms. The quantitative estimate of drug-likeness (QED) is 0.141. The van der Waals surface area contributed by atoms with Gasteiger partial charge in [0.05, 0.1) is 18.5 Å². The summed E-state index contributed by atoms with van der Waals surface area (Å²) >= 11 is 0. The molecule has 0 radical (unpaired) electrons. The molecule has 31 heavy (non-hydrogen) atoms. The van der Waals surface area contributed by atoms with Crippen molar-refractivity contribution in [1.29, 1.82) is 5.41 Å². The smallest absolute Gasteiger partial charge is 0.354 e. The first-order valence-electron chi connectivity index (χ1n) is 9.65. The Bertz CT molecular complexity index is 1220. The van der Waals surface area contributed by atoms with Gasteiger partial charge in [0, 0.05) is 30.4 Å². The molecule has 166 valence electrons. The van der Waals surface area contributed by atoms with E-state index in [1.807, 2.05) is 24.3 Å². The second kappa shape index (κ2) is 9.73. The molecule has 0 saturated carbocycles. The van der Waals surface area contributed by atoms with E-state index in [0.717, 1.165) is 24.8 Å². The maximum atomic E-state index is 12.4. The van der Waals surface area contributed by atoms with Crippen molar-refractivity contribution in [3.63, 3.8) is 0 Å². The number of hydrogen-bond donors (Lipinski definition) is 6. The lowest BCUT2D eigenvalue weighted by atomic mass is 10.2. The number of rotatable bonds is 10. The fourth-order valence-electron chi connectivity index (χ4n) is 2.98. The highest BCUT2D eigenvalue weighted by atomic mass is 32.2. The van der Waals surface area contributed by atoms with Crippen LogP contribution >= 0.6 is 0 Å². The number of nitrogens with two attached hydrogens (primary N) is 1. The molecule has 1 aromatic carbocycles. The number of guanidine groups is 1. The monoisotopic (exact) mass is 446 g/mol. The van der Waals surface area contributed by atoms with Crippen LogP contribution in [0.1, 0.15) is 17.7 Å². The second-order valence-corrected chi connectivity index (χ2v) is 8.96. The fraction of sp³-hybridized carbons (Fsp3) is 0.316. The molecule has 0 atom stereocenters. The molecule has 2 heterocycles. The highest BCUT2D eigenvalue weighted by Gasteiger charge is 2.09. The van der Waals surface area contributed by atoms with E-state index in [-0.39, 0.29) is 12.5 Å². The summed E-state index contributed by atoms with van der Waals surface area (Å²) in [4.78, 5) is 19.5. The largest absolute Gasteiger partial charge is 0.370 e. The van der Waals surface area contributed by atoms with Gasteiger partial charge in [-0.25, -0.2) is 17.9 Å². The van der Waals surface area contributed by atoms with Crippen molar-refractivity contribution in [2.75, 3.05) is 19.3 Å². The Morgan fingerprint density at radius 3 is 2.65 bits per heavy atom. The zero-order chi connectivity index (χ0) is 22.4. The van der Waals surface area contributed by atoms with Gasteiger partial charge in [-0.15, -0.1) is 0 Å². The summed E-state index contributed by atoms with van der Waals surface area (Å²) in [5, 5.41) is 13.9. The number of hydrogen-bond acceptors (Lipinski definition) is 6. The number of benzene rings is 1. The Hall–Kier alpha value is -3.22. The molecular formula is C19H26N8O3S. The van der Waals surface area contributed by atoms with Gasteiger partial charge in [-0.1, -0.05) is 12.1 Å². The molecule has 0 unspecified atom stereocenters. The van der Waals surface area contributed by atoms with Gasteiger partial charge in [-0.3, -0.25) is 9.98 Å². The molecular weight excluding hydrogens is 420 g/mol. The van der Waals surface area contributed by atoms with Crippen LogP contribution in [0.25, 0.3) is 16.7 Å². The third kappa shape index (κ3) is 6.64. The van der Waals surface area contributed by atoms with Gasteiger partial charge in [-0.2, -0.15) is 4.98 Å². The molecule has 0 aliphatic rings. The van der Waals surface area contributed by atoms with Crippen molar-refractivity contribution in [1.82, 2.24) is 29.9 Å². The number of fused-ring (bicyclic) bond motifs is 1. The number of nitrogens with one attached hydrogen (secondary N) is 5. The van der Waals surface area contributed by atoms with Crippen LogP contribution in [0.2, 0.25) is 0 Å². The van der Waals surface area contributed by atoms with Crippen molar-refractivity contribution in [2.45, 2.75) is 19.5 Å². The predicted molar refractivity (Wildman–Crippen MR) is 120 cm³/mol. The SMILES string of the molecule is CS(=O)(=O)NCc1cc2cn(-c3ccc(CNCCCNC(=N)N)cc3)c(=O)nc2[nH]1. The third-order valence-electron chi connectivity index (χ3n) is 4.48. The summed E-state index contributed by atoms with van der Waals surface area (Å²) in [6, 6.07) is 9.33. The maximum Gasteiger partial charge on any atom is 0.354 e. The lowest BCUT2D eigenvalue weighted by molar-refractivity contribution is 0.587. The molecule has 0 fully saturated rings. The van der Waals surface area contributed by atoms with E-state index < -0.39 is 15.7 Å². The zero-order valence-corrected chi connectivity index (χ0v) is 17.9. The molecule has 0 saturated heterocycles. The van der Waals surface area contributed by atoms with Crippen molar-refractivity contribution in [3.05, 3.63) is 58.3 Å².